The molecule has 0 saturated carbocycles. The van der Waals surface area contributed by atoms with Crippen molar-refractivity contribution >= 4 is 31.5 Å². The van der Waals surface area contributed by atoms with Crippen LogP contribution in [0.15, 0.2) is 79.0 Å². The maximum atomic E-state index is 4.56. The van der Waals surface area contributed by atoms with E-state index in [1.807, 2.05) is 29.7 Å². The van der Waals surface area contributed by atoms with Crippen molar-refractivity contribution in [3.8, 4) is 22.4 Å². The largest absolute Gasteiger partial charge is 0.256 e. The van der Waals surface area contributed by atoms with Gasteiger partial charge in [-0.25, -0.2) is 0 Å². The standard InChI is InChI=1S/C25H19NS/c1-16-12-17(2)14-19(13-16)18-9-10-24-22(15-18)20-6-5-7-21(25(20)27-24)23-8-3-4-11-26-23/h3-15H,1-2H3. The number of aromatic nitrogens is 1. The van der Waals surface area contributed by atoms with E-state index in [0.29, 0.717) is 0 Å². The van der Waals surface area contributed by atoms with Gasteiger partial charge >= 0.3 is 0 Å². The van der Waals surface area contributed by atoms with Crippen LogP contribution < -0.4 is 0 Å². The van der Waals surface area contributed by atoms with Gasteiger partial charge in [-0.05, 0) is 49.2 Å². The van der Waals surface area contributed by atoms with E-state index in [2.05, 4.69) is 79.5 Å². The predicted molar refractivity (Wildman–Crippen MR) is 117 cm³/mol. The van der Waals surface area contributed by atoms with Crippen LogP contribution in [0.5, 0.6) is 0 Å². The maximum Gasteiger partial charge on any atom is 0.0716 e. The average molecular weight is 366 g/mol. The second-order valence-corrected chi connectivity index (χ2v) is 8.14. The second kappa shape index (κ2) is 6.33. The zero-order valence-electron chi connectivity index (χ0n) is 15.4. The summed E-state index contributed by atoms with van der Waals surface area (Å²) < 4.78 is 2.63. The Morgan fingerprint density at radius 2 is 1.56 bits per heavy atom. The summed E-state index contributed by atoms with van der Waals surface area (Å²) in [5.74, 6) is 0. The minimum Gasteiger partial charge on any atom is -0.256 e. The number of nitrogens with zero attached hydrogens (tertiary/aromatic N) is 1. The summed E-state index contributed by atoms with van der Waals surface area (Å²) >= 11 is 1.85. The summed E-state index contributed by atoms with van der Waals surface area (Å²) in [4.78, 5) is 4.56. The lowest BCUT2D eigenvalue weighted by molar-refractivity contribution is 1.33. The van der Waals surface area contributed by atoms with Crippen molar-refractivity contribution in [3.05, 3.63) is 90.1 Å². The van der Waals surface area contributed by atoms with Crippen molar-refractivity contribution in [2.24, 2.45) is 0 Å². The molecule has 2 aromatic heterocycles. The van der Waals surface area contributed by atoms with Gasteiger partial charge in [-0.1, -0.05) is 59.7 Å². The lowest BCUT2D eigenvalue weighted by atomic mass is 9.99. The number of benzene rings is 3. The zero-order chi connectivity index (χ0) is 18.4. The highest BCUT2D eigenvalue weighted by Crippen LogP contribution is 2.40. The highest BCUT2D eigenvalue weighted by molar-refractivity contribution is 7.26. The highest BCUT2D eigenvalue weighted by atomic mass is 32.1. The molecule has 3 aromatic carbocycles. The Balaban J connectivity index is 1.75. The van der Waals surface area contributed by atoms with Crippen molar-refractivity contribution in [1.29, 1.82) is 0 Å². The van der Waals surface area contributed by atoms with E-state index in [4.69, 9.17) is 0 Å². The lowest BCUT2D eigenvalue weighted by Gasteiger charge is -2.06. The van der Waals surface area contributed by atoms with E-state index in [1.54, 1.807) is 0 Å². The summed E-state index contributed by atoms with van der Waals surface area (Å²) in [6, 6.07) is 26.2. The van der Waals surface area contributed by atoms with Gasteiger partial charge in [0.1, 0.15) is 0 Å². The number of rotatable bonds is 2. The van der Waals surface area contributed by atoms with Crippen molar-refractivity contribution in [2.75, 3.05) is 0 Å². The Morgan fingerprint density at radius 3 is 2.33 bits per heavy atom. The summed E-state index contributed by atoms with van der Waals surface area (Å²) in [6.07, 6.45) is 1.86. The first-order valence-corrected chi connectivity index (χ1v) is 9.96. The van der Waals surface area contributed by atoms with Crippen LogP contribution in [0.1, 0.15) is 11.1 Å². The first-order valence-electron chi connectivity index (χ1n) is 9.14. The molecule has 5 rings (SSSR count). The van der Waals surface area contributed by atoms with E-state index in [0.717, 1.165) is 5.69 Å². The van der Waals surface area contributed by atoms with E-state index < -0.39 is 0 Å². The molecule has 0 unspecified atom stereocenters. The second-order valence-electron chi connectivity index (χ2n) is 7.09. The Bertz CT molecular complexity index is 1260. The van der Waals surface area contributed by atoms with Crippen molar-refractivity contribution in [1.82, 2.24) is 4.98 Å². The third-order valence-electron chi connectivity index (χ3n) is 4.99. The molecule has 0 aliphatic rings. The zero-order valence-corrected chi connectivity index (χ0v) is 16.2. The average Bonchev–Trinajstić information content (AvgIpc) is 3.06. The minimum atomic E-state index is 1.03. The Labute approximate surface area is 162 Å². The van der Waals surface area contributed by atoms with Crippen molar-refractivity contribution in [2.45, 2.75) is 13.8 Å². The van der Waals surface area contributed by atoms with Gasteiger partial charge in [0.05, 0.1) is 5.69 Å². The van der Waals surface area contributed by atoms with Crippen molar-refractivity contribution < 1.29 is 0 Å². The predicted octanol–water partition coefficient (Wildman–Crippen LogP) is 7.40. The van der Waals surface area contributed by atoms with Gasteiger partial charge in [0, 0.05) is 31.9 Å². The minimum absolute atomic E-state index is 1.03. The Kier molecular flexibility index (Phi) is 3.80. The normalized spacial score (nSPS) is 11.3. The summed E-state index contributed by atoms with van der Waals surface area (Å²) in [6.45, 7) is 4.32. The number of pyridine rings is 1. The number of fused-ring (bicyclic) bond motifs is 3. The summed E-state index contributed by atoms with van der Waals surface area (Å²) in [5, 5.41) is 2.63. The summed E-state index contributed by atoms with van der Waals surface area (Å²) in [7, 11) is 0. The van der Waals surface area contributed by atoms with E-state index >= 15 is 0 Å². The first-order chi connectivity index (χ1) is 13.2. The molecule has 0 bridgehead atoms. The molecule has 2 heterocycles. The van der Waals surface area contributed by atoms with Gasteiger partial charge in [0.2, 0.25) is 0 Å². The number of hydrogen-bond donors (Lipinski definition) is 0. The molecule has 2 heteroatoms. The van der Waals surface area contributed by atoms with Gasteiger partial charge < -0.3 is 0 Å². The number of aryl methyl sites for hydroxylation is 2. The van der Waals surface area contributed by atoms with Crippen LogP contribution in [-0.4, -0.2) is 4.98 Å². The summed E-state index contributed by atoms with van der Waals surface area (Å²) in [5.41, 5.74) is 7.41. The van der Waals surface area contributed by atoms with E-state index in [9.17, 15) is 0 Å². The first kappa shape index (κ1) is 16.2. The molecule has 0 N–H and O–H groups in total. The van der Waals surface area contributed by atoms with Crippen LogP contribution in [0.4, 0.5) is 0 Å². The molecule has 0 radical (unpaired) electrons. The molecule has 130 valence electrons. The van der Waals surface area contributed by atoms with Crippen molar-refractivity contribution in [3.63, 3.8) is 0 Å². The third kappa shape index (κ3) is 2.83. The van der Waals surface area contributed by atoms with E-state index in [-0.39, 0.29) is 0 Å². The van der Waals surface area contributed by atoms with Gasteiger partial charge in [-0.3, -0.25) is 4.98 Å². The van der Waals surface area contributed by atoms with Gasteiger partial charge in [-0.2, -0.15) is 0 Å². The molecule has 0 fully saturated rings. The van der Waals surface area contributed by atoms with Crippen LogP contribution in [0.25, 0.3) is 42.6 Å². The molecule has 27 heavy (non-hydrogen) atoms. The molecular weight excluding hydrogens is 346 g/mol. The Morgan fingerprint density at radius 1 is 0.704 bits per heavy atom. The van der Waals surface area contributed by atoms with Gasteiger partial charge in [-0.15, -0.1) is 11.3 Å². The topological polar surface area (TPSA) is 12.9 Å². The van der Waals surface area contributed by atoms with Crippen LogP contribution in [0, 0.1) is 13.8 Å². The molecule has 0 spiro atoms. The molecule has 0 saturated heterocycles. The smallest absolute Gasteiger partial charge is 0.0716 e. The fraction of sp³-hybridized carbons (Fsp3) is 0.0800. The van der Waals surface area contributed by atoms with E-state index in [1.165, 1.54) is 48.0 Å². The van der Waals surface area contributed by atoms with Gasteiger partial charge in [0.15, 0.2) is 0 Å². The van der Waals surface area contributed by atoms with Crippen LogP contribution in [0.2, 0.25) is 0 Å². The molecule has 0 aliphatic heterocycles. The monoisotopic (exact) mass is 365 g/mol. The maximum absolute atomic E-state index is 4.56. The quantitative estimate of drug-likeness (QED) is 0.317. The molecule has 5 aromatic rings. The van der Waals surface area contributed by atoms with Crippen LogP contribution >= 0.6 is 11.3 Å². The molecule has 0 atom stereocenters. The Hall–Kier alpha value is -2.97. The highest BCUT2D eigenvalue weighted by Gasteiger charge is 2.12. The molecule has 1 nitrogen and oxygen atoms in total. The lowest BCUT2D eigenvalue weighted by Crippen LogP contribution is -1.83. The fourth-order valence-corrected chi connectivity index (χ4v) is 5.05. The number of hydrogen-bond acceptors (Lipinski definition) is 2. The van der Waals surface area contributed by atoms with Gasteiger partial charge in [0.25, 0.3) is 0 Å². The van der Waals surface area contributed by atoms with Crippen LogP contribution in [-0.2, 0) is 0 Å². The SMILES string of the molecule is Cc1cc(C)cc(-c2ccc3sc4c(-c5ccccn5)cccc4c3c2)c1. The molecule has 0 amide bonds. The third-order valence-corrected chi connectivity index (χ3v) is 6.21. The van der Waals surface area contributed by atoms with Crippen LogP contribution in [0.3, 0.4) is 0 Å². The molecule has 0 aliphatic carbocycles. The fourth-order valence-electron chi connectivity index (χ4n) is 3.84. The number of thiophene rings is 1. The molecular formula is C25H19NS.